The van der Waals surface area contributed by atoms with Crippen molar-refractivity contribution in [3.63, 3.8) is 0 Å². The van der Waals surface area contributed by atoms with Crippen molar-refractivity contribution < 1.29 is 0 Å². The highest BCUT2D eigenvalue weighted by atomic mass is 16.1. The van der Waals surface area contributed by atoms with E-state index in [1.54, 1.807) is 19.2 Å². The number of fused-ring (bicyclic) bond motifs is 1. The fraction of sp³-hybridized carbons (Fsp3) is 0.0833. The number of para-hydroxylation sites is 1. The molecule has 2 heterocycles. The molecule has 0 radical (unpaired) electrons. The Balaban J connectivity index is 2.34. The van der Waals surface area contributed by atoms with Gasteiger partial charge < -0.3 is 9.97 Å². The molecule has 0 unspecified atom stereocenters. The second-order valence-corrected chi connectivity index (χ2v) is 3.99. The largest absolute Gasteiger partial charge is 0.323 e. The third-order valence-corrected chi connectivity index (χ3v) is 2.79. The fourth-order valence-electron chi connectivity index (χ4n) is 1.92. The quantitative estimate of drug-likeness (QED) is 0.656. The average molecular weight is 242 g/mol. The van der Waals surface area contributed by atoms with Crippen LogP contribution in [-0.4, -0.2) is 19.7 Å². The molecule has 0 amide bonds. The van der Waals surface area contributed by atoms with E-state index in [9.17, 15) is 9.59 Å². The molecule has 0 fully saturated rings. The van der Waals surface area contributed by atoms with Crippen molar-refractivity contribution in [1.29, 1.82) is 0 Å². The van der Waals surface area contributed by atoms with Gasteiger partial charge in [0.1, 0.15) is 0 Å². The van der Waals surface area contributed by atoms with Crippen LogP contribution in [0.5, 0.6) is 0 Å². The summed E-state index contributed by atoms with van der Waals surface area (Å²) in [5.74, 6) is 0. The Morgan fingerprint density at radius 2 is 1.94 bits per heavy atom. The fourth-order valence-corrected chi connectivity index (χ4v) is 1.92. The van der Waals surface area contributed by atoms with E-state index in [2.05, 4.69) is 15.1 Å². The summed E-state index contributed by atoms with van der Waals surface area (Å²) in [4.78, 5) is 28.0. The number of benzene rings is 1. The molecule has 0 spiro atoms. The number of imidazole rings is 1. The van der Waals surface area contributed by atoms with Gasteiger partial charge in [0.15, 0.2) is 0 Å². The topological polar surface area (TPSA) is 83.5 Å². The van der Waals surface area contributed by atoms with Crippen LogP contribution in [-0.2, 0) is 7.05 Å². The van der Waals surface area contributed by atoms with Gasteiger partial charge >= 0.3 is 5.69 Å². The Hall–Kier alpha value is -2.63. The maximum atomic E-state index is 11.3. The van der Waals surface area contributed by atoms with Crippen molar-refractivity contribution in [2.45, 2.75) is 0 Å². The van der Waals surface area contributed by atoms with E-state index in [0.29, 0.717) is 16.7 Å². The minimum Gasteiger partial charge on any atom is -0.306 e. The molecule has 0 atom stereocenters. The van der Waals surface area contributed by atoms with E-state index in [1.807, 2.05) is 12.1 Å². The van der Waals surface area contributed by atoms with E-state index in [1.165, 1.54) is 10.7 Å². The van der Waals surface area contributed by atoms with E-state index < -0.39 is 0 Å². The average Bonchev–Trinajstić information content (AvgIpc) is 2.72. The highest BCUT2D eigenvalue weighted by Crippen LogP contribution is 2.22. The van der Waals surface area contributed by atoms with Gasteiger partial charge in [-0.05, 0) is 12.1 Å². The van der Waals surface area contributed by atoms with Crippen LogP contribution >= 0.6 is 0 Å². The molecule has 0 aliphatic carbocycles. The van der Waals surface area contributed by atoms with Gasteiger partial charge in [0.25, 0.3) is 5.56 Å². The number of nitrogens with zero attached hydrogens (tertiary/aromatic N) is 2. The Morgan fingerprint density at radius 3 is 2.72 bits per heavy atom. The summed E-state index contributed by atoms with van der Waals surface area (Å²) in [6.45, 7) is 0. The minimum atomic E-state index is -0.262. The van der Waals surface area contributed by atoms with E-state index in [-0.39, 0.29) is 11.2 Å². The van der Waals surface area contributed by atoms with Crippen molar-refractivity contribution in [2.24, 2.45) is 7.05 Å². The molecule has 0 saturated carbocycles. The molecule has 0 bridgehead atoms. The van der Waals surface area contributed by atoms with Crippen LogP contribution in [0.4, 0.5) is 0 Å². The molecule has 6 heteroatoms. The van der Waals surface area contributed by atoms with Crippen molar-refractivity contribution >= 4 is 11.0 Å². The smallest absolute Gasteiger partial charge is 0.306 e. The van der Waals surface area contributed by atoms with E-state index >= 15 is 0 Å². The van der Waals surface area contributed by atoms with Gasteiger partial charge in [0.2, 0.25) is 0 Å². The summed E-state index contributed by atoms with van der Waals surface area (Å²) >= 11 is 0. The van der Waals surface area contributed by atoms with Gasteiger partial charge in [-0.3, -0.25) is 4.79 Å². The normalized spacial score (nSPS) is 10.9. The van der Waals surface area contributed by atoms with Gasteiger partial charge in [-0.25, -0.2) is 9.48 Å². The van der Waals surface area contributed by atoms with Crippen molar-refractivity contribution in [3.05, 3.63) is 51.2 Å². The van der Waals surface area contributed by atoms with Gasteiger partial charge in [-0.15, -0.1) is 0 Å². The molecule has 18 heavy (non-hydrogen) atoms. The zero-order valence-corrected chi connectivity index (χ0v) is 9.60. The van der Waals surface area contributed by atoms with Gasteiger partial charge in [0.05, 0.1) is 16.7 Å². The van der Waals surface area contributed by atoms with Gasteiger partial charge in [-0.2, -0.15) is 5.10 Å². The summed E-state index contributed by atoms with van der Waals surface area (Å²) in [5, 5.41) is 4.17. The van der Waals surface area contributed by atoms with E-state index in [4.69, 9.17) is 0 Å². The molecular formula is C12H10N4O2. The summed E-state index contributed by atoms with van der Waals surface area (Å²) in [6, 6.07) is 8.57. The molecule has 2 aromatic heterocycles. The molecule has 0 saturated heterocycles. The Bertz CT molecular complexity index is 841. The summed E-state index contributed by atoms with van der Waals surface area (Å²) < 4.78 is 1.26. The first kappa shape index (κ1) is 10.5. The number of aromatic nitrogens is 4. The summed E-state index contributed by atoms with van der Waals surface area (Å²) in [7, 11) is 1.59. The van der Waals surface area contributed by atoms with Gasteiger partial charge in [-0.1, -0.05) is 12.1 Å². The lowest BCUT2D eigenvalue weighted by Gasteiger charge is -2.03. The predicted octanol–water partition coefficient (Wildman–Crippen LogP) is 0.617. The number of aromatic amines is 2. The first-order valence-electron chi connectivity index (χ1n) is 5.41. The highest BCUT2D eigenvalue weighted by Gasteiger charge is 2.08. The molecule has 1 aromatic carbocycles. The lowest BCUT2D eigenvalue weighted by molar-refractivity contribution is 0.712. The number of aryl methyl sites for hydroxylation is 1. The maximum absolute atomic E-state index is 11.3. The SMILES string of the molecule is Cn1nc(-c2cccc3[nH]c(=O)[nH]c23)ccc1=O. The number of hydrogen-bond donors (Lipinski definition) is 2. The second kappa shape index (κ2) is 3.69. The summed E-state index contributed by atoms with van der Waals surface area (Å²) in [6.07, 6.45) is 0. The molecule has 90 valence electrons. The monoisotopic (exact) mass is 242 g/mol. The summed E-state index contributed by atoms with van der Waals surface area (Å²) in [5.41, 5.74) is 2.39. The molecule has 2 N–H and O–H groups in total. The lowest BCUT2D eigenvalue weighted by Crippen LogP contribution is -2.18. The predicted molar refractivity (Wildman–Crippen MR) is 67.4 cm³/mol. The standard InChI is InChI=1S/C12H10N4O2/c1-16-10(17)6-5-8(15-16)7-3-2-4-9-11(7)14-12(18)13-9/h2-6H,1H3,(H2,13,14,18). The Kier molecular flexibility index (Phi) is 2.16. The lowest BCUT2D eigenvalue weighted by atomic mass is 10.1. The third-order valence-electron chi connectivity index (χ3n) is 2.79. The maximum Gasteiger partial charge on any atom is 0.323 e. The van der Waals surface area contributed by atoms with Crippen molar-refractivity contribution in [2.75, 3.05) is 0 Å². The number of hydrogen-bond acceptors (Lipinski definition) is 3. The Morgan fingerprint density at radius 1 is 1.11 bits per heavy atom. The molecule has 0 aliphatic rings. The molecule has 6 nitrogen and oxygen atoms in total. The molecule has 0 aliphatic heterocycles. The van der Waals surface area contributed by atoms with Crippen LogP contribution in [0.1, 0.15) is 0 Å². The first-order valence-corrected chi connectivity index (χ1v) is 5.41. The van der Waals surface area contributed by atoms with Crippen LogP contribution in [0.2, 0.25) is 0 Å². The van der Waals surface area contributed by atoms with Gasteiger partial charge in [0, 0.05) is 18.7 Å². The molecule has 3 aromatic rings. The highest BCUT2D eigenvalue weighted by molar-refractivity contribution is 5.90. The first-order chi connectivity index (χ1) is 8.65. The van der Waals surface area contributed by atoms with E-state index in [0.717, 1.165) is 5.56 Å². The molecule has 3 rings (SSSR count). The second-order valence-electron chi connectivity index (χ2n) is 3.99. The van der Waals surface area contributed by atoms with Crippen LogP contribution in [0.3, 0.4) is 0 Å². The van der Waals surface area contributed by atoms with Crippen LogP contribution < -0.4 is 11.2 Å². The van der Waals surface area contributed by atoms with Crippen molar-refractivity contribution in [1.82, 2.24) is 19.7 Å². The Labute approximate surface area is 101 Å². The molecular weight excluding hydrogens is 232 g/mol. The van der Waals surface area contributed by atoms with Crippen molar-refractivity contribution in [3.8, 4) is 11.3 Å². The van der Waals surface area contributed by atoms with Crippen LogP contribution in [0.15, 0.2) is 39.9 Å². The zero-order chi connectivity index (χ0) is 12.7. The number of rotatable bonds is 1. The number of nitrogens with one attached hydrogen (secondary N) is 2. The zero-order valence-electron chi connectivity index (χ0n) is 9.60. The third kappa shape index (κ3) is 1.55. The van der Waals surface area contributed by atoms with Crippen LogP contribution in [0.25, 0.3) is 22.3 Å². The number of H-pyrrole nitrogens is 2. The van der Waals surface area contributed by atoms with Crippen LogP contribution in [0, 0.1) is 0 Å². The minimum absolute atomic E-state index is 0.173.